The number of hydrogen-bond donors (Lipinski definition) is 0. The molecular weight excluding hydrogens is 278 g/mol. The van der Waals surface area contributed by atoms with Gasteiger partial charge in [-0.15, -0.1) is 0 Å². The van der Waals surface area contributed by atoms with Crippen molar-refractivity contribution in [2.24, 2.45) is 0 Å². The molecule has 0 radical (unpaired) electrons. The first kappa shape index (κ1) is 14.7. The van der Waals surface area contributed by atoms with Gasteiger partial charge >= 0.3 is 0 Å². The summed E-state index contributed by atoms with van der Waals surface area (Å²) in [7, 11) is 0.197. The first-order chi connectivity index (χ1) is 9.60. The molecule has 1 saturated heterocycles. The minimum absolute atomic E-state index is 0.0412. The van der Waals surface area contributed by atoms with Crippen LogP contribution in [0.2, 0.25) is 0 Å². The Morgan fingerprint density at radius 2 is 1.85 bits per heavy atom. The third-order valence-corrected chi connectivity index (χ3v) is 4.56. The Labute approximate surface area is 120 Å². The molecule has 1 aliphatic heterocycles. The van der Waals surface area contributed by atoms with Crippen LogP contribution in [0.4, 0.5) is 0 Å². The van der Waals surface area contributed by atoms with Gasteiger partial charge in [0.05, 0.1) is 17.9 Å². The second-order valence-electron chi connectivity index (χ2n) is 4.58. The lowest BCUT2D eigenvalue weighted by Gasteiger charge is -2.25. The number of methoxy groups -OCH3 is 1. The van der Waals surface area contributed by atoms with Gasteiger partial charge in [0.2, 0.25) is 5.91 Å². The maximum absolute atomic E-state index is 12.1. The van der Waals surface area contributed by atoms with Gasteiger partial charge in [-0.05, 0) is 24.3 Å². The van der Waals surface area contributed by atoms with Crippen LogP contribution in [0, 0.1) is 0 Å². The van der Waals surface area contributed by atoms with Crippen molar-refractivity contribution >= 4 is 22.5 Å². The van der Waals surface area contributed by atoms with Crippen LogP contribution < -0.4 is 4.74 Å². The summed E-state index contributed by atoms with van der Waals surface area (Å²) >= 11 is 0. The Kier molecular flexibility index (Phi) is 4.89. The molecule has 6 heteroatoms. The molecule has 0 saturated carbocycles. The van der Waals surface area contributed by atoms with Gasteiger partial charge in [0.1, 0.15) is 17.3 Å². The van der Waals surface area contributed by atoms with Gasteiger partial charge in [-0.3, -0.25) is 13.8 Å². The number of carbonyl (C=O) groups is 2. The maximum Gasteiger partial charge on any atom is 0.235 e. The van der Waals surface area contributed by atoms with E-state index < -0.39 is 10.8 Å². The SMILES string of the molecule is COc1ccc(S(=O)CC(=O)N2CCC(=O)CC2)cc1. The van der Waals surface area contributed by atoms with E-state index in [4.69, 9.17) is 4.74 Å². The normalized spacial score (nSPS) is 16.9. The summed E-state index contributed by atoms with van der Waals surface area (Å²) in [5, 5.41) is 0. The number of rotatable bonds is 4. The summed E-state index contributed by atoms with van der Waals surface area (Å²) in [4.78, 5) is 25.4. The fourth-order valence-electron chi connectivity index (χ4n) is 2.02. The molecular formula is C14H17NO4S. The fourth-order valence-corrected chi connectivity index (χ4v) is 3.03. The van der Waals surface area contributed by atoms with Crippen molar-refractivity contribution < 1.29 is 18.5 Å². The number of likely N-dealkylation sites (tertiary alicyclic amines) is 1. The summed E-state index contributed by atoms with van der Waals surface area (Å²) in [6.45, 7) is 0.884. The number of piperidine rings is 1. The van der Waals surface area contributed by atoms with Crippen LogP contribution in [0.1, 0.15) is 12.8 Å². The molecule has 1 atom stereocenters. The first-order valence-electron chi connectivity index (χ1n) is 6.42. The van der Waals surface area contributed by atoms with Crippen LogP contribution in [-0.2, 0) is 20.4 Å². The molecule has 1 aromatic rings. The summed E-state index contributed by atoms with van der Waals surface area (Å²) in [5.74, 6) is 0.671. The van der Waals surface area contributed by atoms with Gasteiger partial charge in [0.25, 0.3) is 0 Å². The van der Waals surface area contributed by atoms with E-state index in [0.29, 0.717) is 36.6 Å². The molecule has 1 aromatic carbocycles. The molecule has 2 rings (SSSR count). The van der Waals surface area contributed by atoms with E-state index in [1.54, 1.807) is 36.3 Å². The van der Waals surface area contributed by atoms with Crippen LogP contribution in [0.5, 0.6) is 5.75 Å². The van der Waals surface area contributed by atoms with Crippen molar-refractivity contribution in [3.8, 4) is 5.75 Å². The van der Waals surface area contributed by atoms with Gasteiger partial charge in [-0.1, -0.05) is 0 Å². The summed E-state index contributed by atoms with van der Waals surface area (Å²) < 4.78 is 17.1. The van der Waals surface area contributed by atoms with E-state index in [1.165, 1.54) is 0 Å². The molecule has 1 amide bonds. The Balaban J connectivity index is 1.93. The maximum atomic E-state index is 12.1. The highest BCUT2D eigenvalue weighted by Crippen LogP contribution is 2.15. The number of hydrogen-bond acceptors (Lipinski definition) is 4. The Morgan fingerprint density at radius 1 is 1.25 bits per heavy atom. The van der Waals surface area contributed by atoms with E-state index in [0.717, 1.165) is 0 Å². The third kappa shape index (κ3) is 3.66. The zero-order chi connectivity index (χ0) is 14.5. The van der Waals surface area contributed by atoms with Crippen LogP contribution in [0.25, 0.3) is 0 Å². The molecule has 20 heavy (non-hydrogen) atoms. The van der Waals surface area contributed by atoms with E-state index in [2.05, 4.69) is 0 Å². The van der Waals surface area contributed by atoms with Crippen molar-refractivity contribution in [3.05, 3.63) is 24.3 Å². The highest BCUT2D eigenvalue weighted by Gasteiger charge is 2.22. The second-order valence-corrected chi connectivity index (χ2v) is 6.04. The minimum Gasteiger partial charge on any atom is -0.497 e. The highest BCUT2D eigenvalue weighted by molar-refractivity contribution is 7.85. The number of nitrogens with zero attached hydrogens (tertiary/aromatic N) is 1. The van der Waals surface area contributed by atoms with Crippen molar-refractivity contribution in [2.75, 3.05) is 26.0 Å². The largest absolute Gasteiger partial charge is 0.497 e. The molecule has 1 heterocycles. The molecule has 0 bridgehead atoms. The van der Waals surface area contributed by atoms with Gasteiger partial charge < -0.3 is 9.64 Å². The van der Waals surface area contributed by atoms with Crippen molar-refractivity contribution in [1.82, 2.24) is 4.90 Å². The third-order valence-electron chi connectivity index (χ3n) is 3.25. The van der Waals surface area contributed by atoms with Gasteiger partial charge in [-0.25, -0.2) is 0 Å². The number of benzene rings is 1. The predicted molar refractivity (Wildman–Crippen MR) is 75.1 cm³/mol. The Hall–Kier alpha value is -1.69. The molecule has 0 aliphatic carbocycles. The standard InChI is InChI=1S/C14H17NO4S/c1-19-12-2-4-13(5-3-12)20(18)10-14(17)15-8-6-11(16)7-9-15/h2-5H,6-10H2,1H3. The molecule has 1 aliphatic rings. The predicted octanol–water partition coefficient (Wildman–Crippen LogP) is 0.994. The van der Waals surface area contributed by atoms with Crippen molar-refractivity contribution in [2.45, 2.75) is 17.7 Å². The smallest absolute Gasteiger partial charge is 0.235 e. The average Bonchev–Trinajstić information content (AvgIpc) is 2.48. The Bertz CT molecular complexity index is 516. The topological polar surface area (TPSA) is 63.7 Å². The van der Waals surface area contributed by atoms with Crippen molar-refractivity contribution in [1.29, 1.82) is 0 Å². The van der Waals surface area contributed by atoms with Crippen LogP contribution in [0.3, 0.4) is 0 Å². The van der Waals surface area contributed by atoms with Crippen LogP contribution >= 0.6 is 0 Å². The lowest BCUT2D eigenvalue weighted by molar-refractivity contribution is -0.132. The number of ether oxygens (including phenoxy) is 1. The molecule has 0 N–H and O–H groups in total. The molecule has 0 aromatic heterocycles. The molecule has 1 fully saturated rings. The molecule has 108 valence electrons. The van der Waals surface area contributed by atoms with E-state index in [9.17, 15) is 13.8 Å². The monoisotopic (exact) mass is 295 g/mol. The summed E-state index contributed by atoms with van der Waals surface area (Å²) in [6, 6.07) is 6.83. The number of carbonyl (C=O) groups excluding carboxylic acids is 2. The number of ketones is 1. The quantitative estimate of drug-likeness (QED) is 0.831. The number of amides is 1. The lowest BCUT2D eigenvalue weighted by atomic mass is 10.1. The van der Waals surface area contributed by atoms with Gasteiger partial charge in [-0.2, -0.15) is 0 Å². The van der Waals surface area contributed by atoms with Crippen molar-refractivity contribution in [3.63, 3.8) is 0 Å². The first-order valence-corrected chi connectivity index (χ1v) is 7.74. The van der Waals surface area contributed by atoms with E-state index >= 15 is 0 Å². The molecule has 5 nitrogen and oxygen atoms in total. The summed E-state index contributed by atoms with van der Waals surface area (Å²) in [6.07, 6.45) is 0.807. The van der Waals surface area contributed by atoms with Crippen LogP contribution in [0.15, 0.2) is 29.2 Å². The fraction of sp³-hybridized carbons (Fsp3) is 0.429. The van der Waals surface area contributed by atoms with Crippen LogP contribution in [-0.4, -0.2) is 46.8 Å². The number of Topliss-reactive ketones (excluding diaryl/α,β-unsaturated/α-hetero) is 1. The summed E-state index contributed by atoms with van der Waals surface area (Å²) in [5.41, 5.74) is 0. The second kappa shape index (κ2) is 6.65. The van der Waals surface area contributed by atoms with Gasteiger partial charge in [0, 0.05) is 30.8 Å². The zero-order valence-corrected chi connectivity index (χ0v) is 12.1. The average molecular weight is 295 g/mol. The molecule has 1 unspecified atom stereocenters. The minimum atomic E-state index is -1.37. The molecule has 0 spiro atoms. The Morgan fingerprint density at radius 3 is 2.40 bits per heavy atom. The van der Waals surface area contributed by atoms with Gasteiger partial charge in [0.15, 0.2) is 0 Å². The highest BCUT2D eigenvalue weighted by atomic mass is 32.2. The lowest BCUT2D eigenvalue weighted by Crippen LogP contribution is -2.40. The van der Waals surface area contributed by atoms with E-state index in [1.807, 2.05) is 0 Å². The zero-order valence-electron chi connectivity index (χ0n) is 11.3. The van der Waals surface area contributed by atoms with E-state index in [-0.39, 0.29) is 17.4 Å².